The number of rotatable bonds is 7. The highest BCUT2D eigenvalue weighted by Gasteiger charge is 2.33. The SMILES string of the molecule is COc1ccc(CN(C(=O)c2ccc(S(=O)(=O)N3CCCCC3)cc2)C2CC2)cc1. The van der Waals surface area contributed by atoms with Gasteiger partial charge in [-0.2, -0.15) is 4.31 Å². The highest BCUT2D eigenvalue weighted by atomic mass is 32.2. The Morgan fingerprint density at radius 1 is 1.00 bits per heavy atom. The van der Waals surface area contributed by atoms with Gasteiger partial charge in [-0.3, -0.25) is 4.79 Å². The number of carbonyl (C=O) groups excluding carboxylic acids is 1. The molecule has 4 rings (SSSR count). The van der Waals surface area contributed by atoms with Gasteiger partial charge in [0.1, 0.15) is 5.75 Å². The quantitative estimate of drug-likeness (QED) is 0.675. The lowest BCUT2D eigenvalue weighted by atomic mass is 10.1. The van der Waals surface area contributed by atoms with Crippen LogP contribution in [0.3, 0.4) is 0 Å². The normalized spacial score (nSPS) is 17.5. The number of ether oxygens (including phenoxy) is 1. The summed E-state index contributed by atoms with van der Waals surface area (Å²) in [5.74, 6) is 0.726. The maximum absolute atomic E-state index is 13.2. The largest absolute Gasteiger partial charge is 0.497 e. The molecule has 2 fully saturated rings. The molecule has 0 bridgehead atoms. The van der Waals surface area contributed by atoms with E-state index >= 15 is 0 Å². The van der Waals surface area contributed by atoms with E-state index in [1.54, 1.807) is 35.7 Å². The Balaban J connectivity index is 1.49. The van der Waals surface area contributed by atoms with Gasteiger partial charge in [0.25, 0.3) is 5.91 Å². The van der Waals surface area contributed by atoms with Crippen LogP contribution in [0.2, 0.25) is 0 Å². The van der Waals surface area contributed by atoms with Gasteiger partial charge in [-0.15, -0.1) is 0 Å². The Morgan fingerprint density at radius 3 is 2.20 bits per heavy atom. The first-order chi connectivity index (χ1) is 14.5. The average Bonchev–Trinajstić information content (AvgIpc) is 3.63. The minimum atomic E-state index is -3.49. The first-order valence-corrected chi connectivity index (χ1v) is 12.0. The van der Waals surface area contributed by atoms with E-state index in [2.05, 4.69) is 0 Å². The lowest BCUT2D eigenvalue weighted by Gasteiger charge is -2.26. The summed E-state index contributed by atoms with van der Waals surface area (Å²) in [5, 5.41) is 0. The Labute approximate surface area is 178 Å². The number of nitrogens with zero attached hydrogens (tertiary/aromatic N) is 2. The van der Waals surface area contributed by atoms with Crippen molar-refractivity contribution in [2.75, 3.05) is 20.2 Å². The molecule has 160 valence electrons. The fraction of sp³-hybridized carbons (Fsp3) is 0.435. The molecule has 0 atom stereocenters. The second kappa shape index (κ2) is 8.78. The molecule has 7 heteroatoms. The van der Waals surface area contributed by atoms with Crippen molar-refractivity contribution in [1.29, 1.82) is 0 Å². The molecule has 1 heterocycles. The molecule has 0 aromatic heterocycles. The highest BCUT2D eigenvalue weighted by molar-refractivity contribution is 7.89. The van der Waals surface area contributed by atoms with E-state index in [1.807, 2.05) is 29.2 Å². The minimum Gasteiger partial charge on any atom is -0.497 e. The molecule has 0 radical (unpaired) electrons. The molecule has 1 saturated heterocycles. The maximum Gasteiger partial charge on any atom is 0.254 e. The Kier molecular flexibility index (Phi) is 6.11. The topological polar surface area (TPSA) is 66.9 Å². The third-order valence-corrected chi connectivity index (χ3v) is 7.73. The number of hydrogen-bond acceptors (Lipinski definition) is 4. The molecule has 0 unspecified atom stereocenters. The number of hydrogen-bond donors (Lipinski definition) is 0. The van der Waals surface area contributed by atoms with Crippen LogP contribution in [0, 0.1) is 0 Å². The third kappa shape index (κ3) is 4.52. The van der Waals surface area contributed by atoms with E-state index in [0.29, 0.717) is 25.2 Å². The van der Waals surface area contributed by atoms with Crippen LogP contribution in [0.25, 0.3) is 0 Å². The molecule has 1 saturated carbocycles. The van der Waals surface area contributed by atoms with Crippen molar-refractivity contribution in [3.63, 3.8) is 0 Å². The van der Waals surface area contributed by atoms with E-state index < -0.39 is 10.0 Å². The van der Waals surface area contributed by atoms with Crippen LogP contribution in [-0.2, 0) is 16.6 Å². The molecular weight excluding hydrogens is 400 g/mol. The van der Waals surface area contributed by atoms with Crippen LogP contribution in [-0.4, -0.2) is 49.8 Å². The van der Waals surface area contributed by atoms with Crippen molar-refractivity contribution in [3.8, 4) is 5.75 Å². The minimum absolute atomic E-state index is 0.0600. The summed E-state index contributed by atoms with van der Waals surface area (Å²) in [7, 11) is -1.86. The van der Waals surface area contributed by atoms with Crippen molar-refractivity contribution in [2.24, 2.45) is 0 Å². The van der Waals surface area contributed by atoms with Gasteiger partial charge in [0, 0.05) is 31.2 Å². The molecule has 2 aromatic rings. The Morgan fingerprint density at radius 2 is 1.63 bits per heavy atom. The van der Waals surface area contributed by atoms with Crippen molar-refractivity contribution < 1.29 is 17.9 Å². The second-order valence-electron chi connectivity index (χ2n) is 8.00. The molecule has 6 nitrogen and oxygen atoms in total. The van der Waals surface area contributed by atoms with Gasteiger partial charge >= 0.3 is 0 Å². The van der Waals surface area contributed by atoms with Crippen LogP contribution < -0.4 is 4.74 Å². The number of carbonyl (C=O) groups is 1. The first-order valence-electron chi connectivity index (χ1n) is 10.5. The number of benzene rings is 2. The summed E-state index contributed by atoms with van der Waals surface area (Å²) in [6.07, 6.45) is 4.88. The fourth-order valence-corrected chi connectivity index (χ4v) is 5.39. The summed E-state index contributed by atoms with van der Waals surface area (Å²) in [6.45, 7) is 1.67. The molecule has 0 N–H and O–H groups in total. The average molecular weight is 429 g/mol. The van der Waals surface area contributed by atoms with Crippen LogP contribution in [0.15, 0.2) is 53.4 Å². The van der Waals surface area contributed by atoms with Crippen molar-refractivity contribution in [2.45, 2.75) is 49.6 Å². The second-order valence-corrected chi connectivity index (χ2v) is 9.94. The van der Waals surface area contributed by atoms with Gasteiger partial charge in [0.05, 0.1) is 12.0 Å². The summed E-state index contributed by atoms with van der Waals surface area (Å²) in [6, 6.07) is 14.4. The number of amides is 1. The van der Waals surface area contributed by atoms with Crippen molar-refractivity contribution in [1.82, 2.24) is 9.21 Å². The summed E-state index contributed by atoms with van der Waals surface area (Å²) in [5.41, 5.74) is 1.56. The third-order valence-electron chi connectivity index (χ3n) is 5.81. The zero-order valence-electron chi connectivity index (χ0n) is 17.3. The Bertz CT molecular complexity index is 977. The lowest BCUT2D eigenvalue weighted by Crippen LogP contribution is -2.35. The number of sulfonamides is 1. The summed E-state index contributed by atoms with van der Waals surface area (Å²) >= 11 is 0. The lowest BCUT2D eigenvalue weighted by molar-refractivity contribution is 0.0730. The molecule has 1 aliphatic carbocycles. The fourth-order valence-electron chi connectivity index (χ4n) is 3.87. The van der Waals surface area contributed by atoms with E-state index in [-0.39, 0.29) is 16.8 Å². The zero-order valence-corrected chi connectivity index (χ0v) is 18.1. The van der Waals surface area contributed by atoms with E-state index in [9.17, 15) is 13.2 Å². The first kappa shape index (κ1) is 20.9. The van der Waals surface area contributed by atoms with Crippen LogP contribution in [0.5, 0.6) is 5.75 Å². The standard InChI is InChI=1S/C23H28N2O4S/c1-29-21-11-5-18(6-12-21)17-25(20-9-10-20)23(26)19-7-13-22(14-8-19)30(27,28)24-15-3-2-4-16-24/h5-8,11-14,20H,2-4,9-10,15-17H2,1H3. The van der Waals surface area contributed by atoms with E-state index in [1.165, 1.54) is 0 Å². The van der Waals surface area contributed by atoms with Gasteiger partial charge in [0.15, 0.2) is 0 Å². The molecule has 0 spiro atoms. The highest BCUT2D eigenvalue weighted by Crippen LogP contribution is 2.30. The van der Waals surface area contributed by atoms with E-state index in [0.717, 1.165) is 43.4 Å². The van der Waals surface area contributed by atoms with Gasteiger partial charge in [0.2, 0.25) is 10.0 Å². The monoisotopic (exact) mass is 428 g/mol. The van der Waals surface area contributed by atoms with Gasteiger partial charge in [-0.05, 0) is 67.6 Å². The summed E-state index contributed by atoms with van der Waals surface area (Å²) in [4.78, 5) is 15.3. The van der Waals surface area contributed by atoms with Gasteiger partial charge in [-0.25, -0.2) is 8.42 Å². The van der Waals surface area contributed by atoms with Gasteiger partial charge in [-0.1, -0.05) is 18.6 Å². The predicted octanol–water partition coefficient (Wildman–Crippen LogP) is 3.67. The predicted molar refractivity (Wildman–Crippen MR) is 115 cm³/mol. The molecule has 1 amide bonds. The van der Waals surface area contributed by atoms with Gasteiger partial charge < -0.3 is 9.64 Å². The van der Waals surface area contributed by atoms with Crippen LogP contribution in [0.1, 0.15) is 48.0 Å². The number of piperidine rings is 1. The molecular formula is C23H28N2O4S. The molecule has 2 aliphatic rings. The Hall–Kier alpha value is -2.38. The molecule has 30 heavy (non-hydrogen) atoms. The smallest absolute Gasteiger partial charge is 0.254 e. The molecule has 1 aliphatic heterocycles. The maximum atomic E-state index is 13.2. The van der Waals surface area contributed by atoms with Crippen LogP contribution in [0.4, 0.5) is 0 Å². The zero-order chi connectivity index (χ0) is 21.1. The molecule has 2 aromatic carbocycles. The summed E-state index contributed by atoms with van der Waals surface area (Å²) < 4.78 is 32.4. The van der Waals surface area contributed by atoms with E-state index in [4.69, 9.17) is 4.74 Å². The van der Waals surface area contributed by atoms with Crippen molar-refractivity contribution >= 4 is 15.9 Å². The number of methoxy groups -OCH3 is 1. The van der Waals surface area contributed by atoms with Crippen LogP contribution >= 0.6 is 0 Å². The van der Waals surface area contributed by atoms with Crippen molar-refractivity contribution in [3.05, 3.63) is 59.7 Å².